The second-order valence-electron chi connectivity index (χ2n) is 6.59. The van der Waals surface area contributed by atoms with Gasteiger partial charge in [-0.3, -0.25) is 9.59 Å². The molecule has 0 saturated carbocycles. The van der Waals surface area contributed by atoms with Crippen LogP contribution in [0.25, 0.3) is 0 Å². The average molecular weight is 257 g/mol. The van der Waals surface area contributed by atoms with Crippen molar-refractivity contribution in [3.63, 3.8) is 0 Å². The predicted octanol–water partition coefficient (Wildman–Crippen LogP) is 2.63. The third kappa shape index (κ3) is 7.30. The molecule has 4 heteroatoms. The zero-order chi connectivity index (χ0) is 14.5. The summed E-state index contributed by atoms with van der Waals surface area (Å²) in [5.74, 6) is -1.03. The fourth-order valence-electron chi connectivity index (χ4n) is 2.16. The standard InChI is InChI=1S/C14H27NO3/c1-10(8-14(3,4)5)7-12(16)15(6)9-11(2)13(17)18/h10-11H,7-9H2,1-6H3,(H,17,18). The molecule has 0 aliphatic carbocycles. The van der Waals surface area contributed by atoms with Gasteiger partial charge in [-0.15, -0.1) is 0 Å². The van der Waals surface area contributed by atoms with Crippen molar-refractivity contribution < 1.29 is 14.7 Å². The Morgan fingerprint density at radius 3 is 2.11 bits per heavy atom. The van der Waals surface area contributed by atoms with Crippen LogP contribution >= 0.6 is 0 Å². The minimum atomic E-state index is -0.864. The van der Waals surface area contributed by atoms with Crippen molar-refractivity contribution in [1.82, 2.24) is 4.90 Å². The molecule has 0 aromatic heterocycles. The largest absolute Gasteiger partial charge is 0.481 e. The lowest BCUT2D eigenvalue weighted by Gasteiger charge is -2.25. The molecule has 0 aliphatic rings. The van der Waals surface area contributed by atoms with Crippen LogP contribution in [0.2, 0.25) is 0 Å². The van der Waals surface area contributed by atoms with Crippen molar-refractivity contribution in [1.29, 1.82) is 0 Å². The molecule has 18 heavy (non-hydrogen) atoms. The van der Waals surface area contributed by atoms with Crippen LogP contribution in [-0.2, 0) is 9.59 Å². The minimum Gasteiger partial charge on any atom is -0.481 e. The number of aliphatic carboxylic acids is 1. The fourth-order valence-corrected chi connectivity index (χ4v) is 2.16. The molecule has 1 N–H and O–H groups in total. The van der Waals surface area contributed by atoms with E-state index < -0.39 is 11.9 Å². The zero-order valence-electron chi connectivity index (χ0n) is 12.5. The van der Waals surface area contributed by atoms with Gasteiger partial charge in [0.05, 0.1) is 5.92 Å². The monoisotopic (exact) mass is 257 g/mol. The number of carbonyl (C=O) groups is 2. The Morgan fingerprint density at radius 2 is 1.72 bits per heavy atom. The molecule has 1 amide bonds. The lowest BCUT2D eigenvalue weighted by molar-refractivity contribution is -0.142. The molecular weight excluding hydrogens is 230 g/mol. The molecule has 0 aromatic rings. The number of amides is 1. The fraction of sp³-hybridized carbons (Fsp3) is 0.857. The van der Waals surface area contributed by atoms with Gasteiger partial charge in [-0.05, 0) is 17.8 Å². The Morgan fingerprint density at radius 1 is 1.22 bits per heavy atom. The molecule has 2 atom stereocenters. The van der Waals surface area contributed by atoms with Crippen LogP contribution in [0.3, 0.4) is 0 Å². The van der Waals surface area contributed by atoms with Crippen molar-refractivity contribution >= 4 is 11.9 Å². The van der Waals surface area contributed by atoms with E-state index in [4.69, 9.17) is 5.11 Å². The highest BCUT2D eigenvalue weighted by atomic mass is 16.4. The Labute approximate surface area is 110 Å². The van der Waals surface area contributed by atoms with Gasteiger partial charge in [-0.1, -0.05) is 34.6 Å². The molecule has 0 heterocycles. The first kappa shape index (κ1) is 16.9. The molecule has 4 nitrogen and oxygen atoms in total. The van der Waals surface area contributed by atoms with Crippen LogP contribution < -0.4 is 0 Å². The number of nitrogens with zero attached hydrogens (tertiary/aromatic N) is 1. The Hall–Kier alpha value is -1.06. The minimum absolute atomic E-state index is 0.0276. The lowest BCUT2D eigenvalue weighted by Crippen LogP contribution is -2.34. The third-order valence-electron chi connectivity index (χ3n) is 2.88. The highest BCUT2D eigenvalue weighted by Gasteiger charge is 2.21. The summed E-state index contributed by atoms with van der Waals surface area (Å²) >= 11 is 0. The molecule has 0 fully saturated rings. The van der Waals surface area contributed by atoms with E-state index in [1.165, 1.54) is 4.90 Å². The maximum atomic E-state index is 11.9. The summed E-state index contributed by atoms with van der Waals surface area (Å²) in [7, 11) is 1.67. The van der Waals surface area contributed by atoms with Crippen LogP contribution in [0.15, 0.2) is 0 Å². The molecule has 0 aromatic carbocycles. The van der Waals surface area contributed by atoms with E-state index in [0.717, 1.165) is 6.42 Å². The summed E-state index contributed by atoms with van der Waals surface area (Å²) in [5, 5.41) is 8.81. The van der Waals surface area contributed by atoms with Gasteiger partial charge >= 0.3 is 5.97 Å². The Bertz CT molecular complexity index is 294. The smallest absolute Gasteiger partial charge is 0.308 e. The van der Waals surface area contributed by atoms with Gasteiger partial charge in [0.15, 0.2) is 0 Å². The predicted molar refractivity (Wildman–Crippen MR) is 72.3 cm³/mol. The molecule has 0 bridgehead atoms. The van der Waals surface area contributed by atoms with Gasteiger partial charge in [0, 0.05) is 20.0 Å². The quantitative estimate of drug-likeness (QED) is 0.795. The highest BCUT2D eigenvalue weighted by Crippen LogP contribution is 2.26. The number of rotatable bonds is 6. The Kier molecular flexibility index (Phi) is 6.36. The molecule has 0 spiro atoms. The number of carbonyl (C=O) groups excluding carboxylic acids is 1. The summed E-state index contributed by atoms with van der Waals surface area (Å²) in [5.41, 5.74) is 0.215. The summed E-state index contributed by atoms with van der Waals surface area (Å²) in [4.78, 5) is 24.2. The molecule has 106 valence electrons. The van der Waals surface area contributed by atoms with Crippen LogP contribution in [-0.4, -0.2) is 35.5 Å². The van der Waals surface area contributed by atoms with E-state index in [1.54, 1.807) is 14.0 Å². The zero-order valence-corrected chi connectivity index (χ0v) is 12.5. The second-order valence-corrected chi connectivity index (χ2v) is 6.59. The number of hydrogen-bond acceptors (Lipinski definition) is 2. The van der Waals surface area contributed by atoms with E-state index in [9.17, 15) is 9.59 Å². The summed E-state index contributed by atoms with van der Waals surface area (Å²) in [6, 6.07) is 0. The molecular formula is C14H27NO3. The maximum absolute atomic E-state index is 11.9. The van der Waals surface area contributed by atoms with Crippen LogP contribution in [0, 0.1) is 17.3 Å². The average Bonchev–Trinajstić information content (AvgIpc) is 2.13. The lowest BCUT2D eigenvalue weighted by atomic mass is 9.84. The normalized spacial score (nSPS) is 15.0. The topological polar surface area (TPSA) is 57.6 Å². The first-order chi connectivity index (χ1) is 8.03. The first-order valence-corrected chi connectivity index (χ1v) is 6.49. The number of carboxylic acids is 1. The van der Waals surface area contributed by atoms with Gasteiger partial charge in [0.1, 0.15) is 0 Å². The molecule has 0 radical (unpaired) electrons. The first-order valence-electron chi connectivity index (χ1n) is 6.49. The van der Waals surface area contributed by atoms with Gasteiger partial charge in [0.2, 0.25) is 5.91 Å². The molecule has 0 rings (SSSR count). The van der Waals surface area contributed by atoms with Crippen molar-refractivity contribution in [3.05, 3.63) is 0 Å². The molecule has 0 aliphatic heterocycles. The SMILES string of the molecule is CC(CC(=O)N(C)CC(C)C(=O)O)CC(C)(C)C. The van der Waals surface area contributed by atoms with Gasteiger partial charge < -0.3 is 10.0 Å². The second kappa shape index (κ2) is 6.76. The van der Waals surface area contributed by atoms with Crippen LogP contribution in [0.4, 0.5) is 0 Å². The van der Waals surface area contributed by atoms with Gasteiger partial charge in [-0.2, -0.15) is 0 Å². The highest BCUT2D eigenvalue weighted by molar-refractivity contribution is 5.77. The van der Waals surface area contributed by atoms with Crippen LogP contribution in [0.5, 0.6) is 0 Å². The van der Waals surface area contributed by atoms with Crippen molar-refractivity contribution in [2.45, 2.75) is 47.5 Å². The van der Waals surface area contributed by atoms with E-state index in [0.29, 0.717) is 12.3 Å². The van der Waals surface area contributed by atoms with Crippen molar-refractivity contribution in [3.8, 4) is 0 Å². The van der Waals surface area contributed by atoms with E-state index in [2.05, 4.69) is 27.7 Å². The third-order valence-corrected chi connectivity index (χ3v) is 2.88. The summed E-state index contributed by atoms with van der Waals surface area (Å²) < 4.78 is 0. The molecule has 2 unspecified atom stereocenters. The number of hydrogen-bond donors (Lipinski definition) is 1. The summed E-state index contributed by atoms with van der Waals surface area (Å²) in [6.07, 6.45) is 1.47. The van der Waals surface area contributed by atoms with Crippen molar-refractivity contribution in [2.75, 3.05) is 13.6 Å². The van der Waals surface area contributed by atoms with Crippen molar-refractivity contribution in [2.24, 2.45) is 17.3 Å². The van der Waals surface area contributed by atoms with Crippen LogP contribution in [0.1, 0.15) is 47.5 Å². The van der Waals surface area contributed by atoms with E-state index in [1.807, 2.05) is 0 Å². The maximum Gasteiger partial charge on any atom is 0.308 e. The van der Waals surface area contributed by atoms with Gasteiger partial charge in [-0.25, -0.2) is 0 Å². The van der Waals surface area contributed by atoms with E-state index >= 15 is 0 Å². The Balaban J connectivity index is 4.20. The number of carboxylic acid groups (broad SMARTS) is 1. The molecule has 0 saturated heterocycles. The summed E-state index contributed by atoms with van der Waals surface area (Å²) in [6.45, 7) is 10.4. The van der Waals surface area contributed by atoms with Gasteiger partial charge in [0.25, 0.3) is 0 Å². The van der Waals surface area contributed by atoms with E-state index in [-0.39, 0.29) is 17.9 Å².